The van der Waals surface area contributed by atoms with Gasteiger partial charge in [0.25, 0.3) is 17.5 Å². The van der Waals surface area contributed by atoms with Crippen molar-refractivity contribution in [3.8, 4) is 5.75 Å². The van der Waals surface area contributed by atoms with Crippen molar-refractivity contribution in [3.63, 3.8) is 0 Å². The SMILES string of the molecule is CON1C(=O)CC(COc2ccc([N+](=O)[O-])cc2)C1=O. The Morgan fingerprint density at radius 2 is 2.00 bits per heavy atom. The summed E-state index contributed by atoms with van der Waals surface area (Å²) in [5, 5.41) is 11.2. The summed E-state index contributed by atoms with van der Waals surface area (Å²) in [7, 11) is 1.25. The van der Waals surface area contributed by atoms with Crippen LogP contribution in [0.4, 0.5) is 5.69 Å². The molecular weight excluding hydrogens is 268 g/mol. The van der Waals surface area contributed by atoms with Gasteiger partial charge in [0.1, 0.15) is 12.4 Å². The van der Waals surface area contributed by atoms with Crippen LogP contribution >= 0.6 is 0 Å². The Morgan fingerprint density at radius 1 is 1.35 bits per heavy atom. The molecule has 20 heavy (non-hydrogen) atoms. The minimum Gasteiger partial charge on any atom is -0.493 e. The summed E-state index contributed by atoms with van der Waals surface area (Å²) in [6, 6.07) is 5.48. The van der Waals surface area contributed by atoms with Crippen LogP contribution in [-0.4, -0.2) is 35.5 Å². The maximum absolute atomic E-state index is 11.7. The van der Waals surface area contributed by atoms with E-state index >= 15 is 0 Å². The molecule has 0 aliphatic carbocycles. The van der Waals surface area contributed by atoms with Crippen LogP contribution in [-0.2, 0) is 14.4 Å². The number of imide groups is 1. The second-order valence-corrected chi connectivity index (χ2v) is 4.17. The number of ether oxygens (including phenoxy) is 1. The van der Waals surface area contributed by atoms with Crippen LogP contribution < -0.4 is 4.74 Å². The molecule has 8 nitrogen and oxygen atoms in total. The number of carbonyl (C=O) groups excluding carboxylic acids is 2. The van der Waals surface area contributed by atoms with Crippen molar-refractivity contribution in [2.75, 3.05) is 13.7 Å². The van der Waals surface area contributed by atoms with E-state index in [4.69, 9.17) is 4.74 Å². The average Bonchev–Trinajstić information content (AvgIpc) is 2.71. The predicted octanol–water partition coefficient (Wildman–Crippen LogP) is 0.910. The highest BCUT2D eigenvalue weighted by Crippen LogP contribution is 2.22. The minimum absolute atomic E-state index is 0.0161. The van der Waals surface area contributed by atoms with Gasteiger partial charge in [0.15, 0.2) is 0 Å². The summed E-state index contributed by atoms with van der Waals surface area (Å²) in [6.45, 7) is 0.0161. The first-order valence-corrected chi connectivity index (χ1v) is 5.81. The van der Waals surface area contributed by atoms with Gasteiger partial charge in [-0.3, -0.25) is 24.5 Å². The number of carbonyl (C=O) groups is 2. The number of hydrogen-bond donors (Lipinski definition) is 0. The zero-order valence-electron chi connectivity index (χ0n) is 10.6. The third kappa shape index (κ3) is 2.75. The van der Waals surface area contributed by atoms with E-state index in [1.807, 2.05) is 0 Å². The molecule has 1 atom stereocenters. The molecule has 2 rings (SSSR count). The number of nitro benzene ring substituents is 1. The number of amides is 2. The van der Waals surface area contributed by atoms with E-state index in [1.165, 1.54) is 31.4 Å². The Morgan fingerprint density at radius 3 is 2.50 bits per heavy atom. The predicted molar refractivity (Wildman–Crippen MR) is 65.6 cm³/mol. The highest BCUT2D eigenvalue weighted by molar-refractivity contribution is 6.02. The van der Waals surface area contributed by atoms with E-state index in [2.05, 4.69) is 4.84 Å². The Balaban J connectivity index is 1.94. The van der Waals surface area contributed by atoms with E-state index < -0.39 is 22.7 Å². The average molecular weight is 280 g/mol. The van der Waals surface area contributed by atoms with Gasteiger partial charge in [-0.1, -0.05) is 0 Å². The quantitative estimate of drug-likeness (QED) is 0.451. The van der Waals surface area contributed by atoms with Crippen molar-refractivity contribution in [3.05, 3.63) is 34.4 Å². The van der Waals surface area contributed by atoms with Gasteiger partial charge >= 0.3 is 0 Å². The maximum Gasteiger partial charge on any atom is 0.269 e. The van der Waals surface area contributed by atoms with E-state index in [0.717, 1.165) is 0 Å². The summed E-state index contributed by atoms with van der Waals surface area (Å²) >= 11 is 0. The largest absolute Gasteiger partial charge is 0.493 e. The maximum atomic E-state index is 11.7. The topological polar surface area (TPSA) is 99.0 Å². The highest BCUT2D eigenvalue weighted by atomic mass is 16.7. The van der Waals surface area contributed by atoms with E-state index in [1.54, 1.807) is 0 Å². The van der Waals surface area contributed by atoms with Gasteiger partial charge < -0.3 is 4.74 Å². The molecule has 1 aliphatic rings. The molecule has 1 aliphatic heterocycles. The van der Waals surface area contributed by atoms with Crippen molar-refractivity contribution < 1.29 is 24.1 Å². The number of hydroxylamine groups is 2. The number of non-ortho nitro benzene ring substituents is 1. The van der Waals surface area contributed by atoms with E-state index in [9.17, 15) is 19.7 Å². The first kappa shape index (κ1) is 13.9. The Bertz CT molecular complexity index is 541. The minimum atomic E-state index is -0.599. The molecule has 0 saturated carbocycles. The molecule has 1 heterocycles. The molecule has 0 bridgehead atoms. The van der Waals surface area contributed by atoms with Gasteiger partial charge in [-0.05, 0) is 12.1 Å². The monoisotopic (exact) mass is 280 g/mol. The van der Waals surface area contributed by atoms with Crippen molar-refractivity contribution in [1.29, 1.82) is 0 Å². The molecule has 1 aromatic carbocycles. The summed E-state index contributed by atoms with van der Waals surface area (Å²) in [6.07, 6.45) is 0.0274. The molecule has 1 fully saturated rings. The Labute approximate surface area is 114 Å². The van der Waals surface area contributed by atoms with Crippen molar-refractivity contribution in [2.45, 2.75) is 6.42 Å². The molecule has 106 valence electrons. The summed E-state index contributed by atoms with van der Waals surface area (Å²) in [5.41, 5.74) is -0.0463. The van der Waals surface area contributed by atoms with Gasteiger partial charge in [0, 0.05) is 18.6 Å². The van der Waals surface area contributed by atoms with Crippen LogP contribution in [0.3, 0.4) is 0 Å². The van der Waals surface area contributed by atoms with Crippen LogP contribution in [0.1, 0.15) is 6.42 Å². The fraction of sp³-hybridized carbons (Fsp3) is 0.333. The van der Waals surface area contributed by atoms with Crippen LogP contribution in [0.5, 0.6) is 5.75 Å². The van der Waals surface area contributed by atoms with Crippen LogP contribution in [0, 0.1) is 16.0 Å². The number of nitrogens with zero attached hydrogens (tertiary/aromatic N) is 2. The number of hydrogen-bond acceptors (Lipinski definition) is 6. The molecule has 8 heteroatoms. The highest BCUT2D eigenvalue weighted by Gasteiger charge is 2.39. The molecule has 0 radical (unpaired) electrons. The van der Waals surface area contributed by atoms with Gasteiger partial charge in [-0.15, -0.1) is 0 Å². The lowest BCUT2D eigenvalue weighted by Crippen LogP contribution is -2.30. The number of nitro groups is 1. The first-order valence-electron chi connectivity index (χ1n) is 5.81. The molecule has 1 saturated heterocycles. The summed E-state index contributed by atoms with van der Waals surface area (Å²) in [4.78, 5) is 37.8. The fourth-order valence-corrected chi connectivity index (χ4v) is 1.85. The van der Waals surface area contributed by atoms with E-state index in [-0.39, 0.29) is 18.7 Å². The summed E-state index contributed by atoms with van der Waals surface area (Å²) in [5.74, 6) is -1.06. The summed E-state index contributed by atoms with van der Waals surface area (Å²) < 4.78 is 5.36. The Hall–Kier alpha value is -2.48. The lowest BCUT2D eigenvalue weighted by Gasteiger charge is -2.11. The smallest absolute Gasteiger partial charge is 0.269 e. The van der Waals surface area contributed by atoms with Crippen LogP contribution in [0.15, 0.2) is 24.3 Å². The molecule has 0 aromatic heterocycles. The lowest BCUT2D eigenvalue weighted by molar-refractivity contribution is -0.384. The van der Waals surface area contributed by atoms with Gasteiger partial charge in [0.05, 0.1) is 18.0 Å². The fourth-order valence-electron chi connectivity index (χ4n) is 1.85. The van der Waals surface area contributed by atoms with Crippen LogP contribution in [0.25, 0.3) is 0 Å². The van der Waals surface area contributed by atoms with Crippen LogP contribution in [0.2, 0.25) is 0 Å². The molecule has 0 N–H and O–H groups in total. The normalized spacial score (nSPS) is 18.4. The second-order valence-electron chi connectivity index (χ2n) is 4.17. The molecule has 0 spiro atoms. The Kier molecular flexibility index (Phi) is 3.94. The molecule has 2 amide bonds. The van der Waals surface area contributed by atoms with Crippen molar-refractivity contribution in [2.24, 2.45) is 5.92 Å². The van der Waals surface area contributed by atoms with Gasteiger partial charge in [-0.25, -0.2) is 0 Å². The third-order valence-electron chi connectivity index (χ3n) is 2.88. The molecular formula is C12H12N2O6. The second kappa shape index (κ2) is 5.66. The zero-order chi connectivity index (χ0) is 14.7. The van der Waals surface area contributed by atoms with E-state index in [0.29, 0.717) is 10.8 Å². The molecule has 1 aromatic rings. The number of rotatable bonds is 5. The standard InChI is InChI=1S/C12H12N2O6/c1-19-13-11(15)6-8(12(13)16)7-20-10-4-2-9(3-5-10)14(17)18/h2-5,8H,6-7H2,1H3. The number of benzene rings is 1. The van der Waals surface area contributed by atoms with Gasteiger partial charge in [0.2, 0.25) is 0 Å². The van der Waals surface area contributed by atoms with Crippen molar-refractivity contribution >= 4 is 17.5 Å². The molecule has 1 unspecified atom stereocenters. The zero-order valence-corrected chi connectivity index (χ0v) is 10.6. The lowest BCUT2D eigenvalue weighted by atomic mass is 10.1. The first-order chi connectivity index (χ1) is 9.52. The van der Waals surface area contributed by atoms with Gasteiger partial charge in [-0.2, -0.15) is 5.06 Å². The van der Waals surface area contributed by atoms with Crippen molar-refractivity contribution in [1.82, 2.24) is 5.06 Å². The third-order valence-corrected chi connectivity index (χ3v) is 2.88.